The maximum atomic E-state index is 13.3. The van der Waals surface area contributed by atoms with E-state index in [4.69, 9.17) is 0 Å². The van der Waals surface area contributed by atoms with Crippen molar-refractivity contribution in [2.45, 2.75) is 145 Å². The summed E-state index contributed by atoms with van der Waals surface area (Å²) in [5, 5.41) is 0. The molecule has 1 aliphatic rings. The van der Waals surface area contributed by atoms with Crippen LogP contribution in [0.4, 0.5) is 0 Å². The summed E-state index contributed by atoms with van der Waals surface area (Å²) < 4.78 is 0. The third-order valence-corrected chi connectivity index (χ3v) is 7.87. The Morgan fingerprint density at radius 1 is 0.919 bits per heavy atom. The standard InChI is InChI=1S/C31H48O3.C3H8/c1-6-9-10-11-12-13-15-25-16-17-27-20-24(21-30(34)31(27)23(25)5)19-26(14-7-2)28(8-3)29(33)18-22(4)32;1-3-2/h16-17,24,26,28H,6-15,18-21H2,1-5H3;3H2,1-2H3. The largest absolute Gasteiger partial charge is 0.300 e. The zero-order valence-corrected chi connectivity index (χ0v) is 25.2. The summed E-state index contributed by atoms with van der Waals surface area (Å²) in [6.45, 7) is 14.3. The van der Waals surface area contributed by atoms with Crippen molar-refractivity contribution in [2.24, 2.45) is 17.8 Å². The third kappa shape index (κ3) is 11.2. The van der Waals surface area contributed by atoms with E-state index in [1.165, 1.54) is 68.6 Å². The van der Waals surface area contributed by atoms with Gasteiger partial charge in [0.2, 0.25) is 0 Å². The molecule has 3 unspecified atom stereocenters. The first kappa shape index (κ1) is 33.3. The second-order valence-corrected chi connectivity index (χ2v) is 11.5. The van der Waals surface area contributed by atoms with Crippen molar-refractivity contribution in [3.05, 3.63) is 34.4 Å². The van der Waals surface area contributed by atoms with Crippen molar-refractivity contribution in [2.75, 3.05) is 0 Å². The molecule has 2 rings (SSSR count). The van der Waals surface area contributed by atoms with Crippen molar-refractivity contribution in [1.82, 2.24) is 0 Å². The predicted octanol–water partition coefficient (Wildman–Crippen LogP) is 9.44. The highest BCUT2D eigenvalue weighted by molar-refractivity contribution is 6.00. The lowest BCUT2D eigenvalue weighted by Crippen LogP contribution is -2.30. The Hall–Kier alpha value is -1.77. The molecule has 3 heteroatoms. The molecule has 1 aliphatic carbocycles. The number of aryl methyl sites for hydroxylation is 1. The molecule has 0 aliphatic heterocycles. The summed E-state index contributed by atoms with van der Waals surface area (Å²) in [5.41, 5.74) is 4.71. The number of rotatable bonds is 16. The number of ketones is 3. The predicted molar refractivity (Wildman–Crippen MR) is 157 cm³/mol. The summed E-state index contributed by atoms with van der Waals surface area (Å²) in [6.07, 6.45) is 15.3. The van der Waals surface area contributed by atoms with Crippen LogP contribution in [0.25, 0.3) is 0 Å². The number of carbonyl (C=O) groups excluding carboxylic acids is 3. The summed E-state index contributed by atoms with van der Waals surface area (Å²) in [4.78, 5) is 37.6. The van der Waals surface area contributed by atoms with Crippen molar-refractivity contribution >= 4 is 17.3 Å². The lowest BCUT2D eigenvalue weighted by molar-refractivity contribution is -0.129. The fourth-order valence-corrected chi connectivity index (χ4v) is 6.13. The lowest BCUT2D eigenvalue weighted by Gasteiger charge is -2.32. The van der Waals surface area contributed by atoms with Crippen LogP contribution in [-0.4, -0.2) is 17.3 Å². The second-order valence-electron chi connectivity index (χ2n) is 11.5. The van der Waals surface area contributed by atoms with E-state index in [9.17, 15) is 14.4 Å². The fraction of sp³-hybridized carbons (Fsp3) is 0.735. The van der Waals surface area contributed by atoms with Crippen molar-refractivity contribution in [3.8, 4) is 0 Å². The average molecular weight is 513 g/mol. The Bertz CT molecular complexity index is 838. The van der Waals surface area contributed by atoms with Gasteiger partial charge in [0.15, 0.2) is 5.78 Å². The summed E-state index contributed by atoms with van der Waals surface area (Å²) in [5.74, 6) is 0.807. The van der Waals surface area contributed by atoms with E-state index >= 15 is 0 Å². The number of unbranched alkanes of at least 4 members (excludes halogenated alkanes) is 5. The third-order valence-electron chi connectivity index (χ3n) is 7.87. The van der Waals surface area contributed by atoms with Crippen molar-refractivity contribution < 1.29 is 14.4 Å². The van der Waals surface area contributed by atoms with Crippen LogP contribution in [0.5, 0.6) is 0 Å². The molecule has 1 aromatic carbocycles. The molecule has 1 aromatic rings. The topological polar surface area (TPSA) is 51.2 Å². The minimum atomic E-state index is -0.0678. The molecule has 0 N–H and O–H groups in total. The Morgan fingerprint density at radius 3 is 2.16 bits per heavy atom. The van der Waals surface area contributed by atoms with Crippen LogP contribution < -0.4 is 0 Å². The number of carbonyl (C=O) groups is 3. The monoisotopic (exact) mass is 512 g/mol. The fourth-order valence-electron chi connectivity index (χ4n) is 6.13. The highest BCUT2D eigenvalue weighted by Gasteiger charge is 2.33. The van der Waals surface area contributed by atoms with Gasteiger partial charge < -0.3 is 0 Å². The Morgan fingerprint density at radius 2 is 1.57 bits per heavy atom. The number of hydrogen-bond acceptors (Lipinski definition) is 3. The molecule has 3 nitrogen and oxygen atoms in total. The normalized spacial score (nSPS) is 16.4. The molecule has 0 saturated heterocycles. The smallest absolute Gasteiger partial charge is 0.163 e. The lowest BCUT2D eigenvalue weighted by atomic mass is 9.72. The second kappa shape index (κ2) is 18.5. The van der Waals surface area contributed by atoms with Gasteiger partial charge in [0.05, 0.1) is 6.42 Å². The quantitative estimate of drug-likeness (QED) is 0.164. The molecule has 0 radical (unpaired) electrons. The minimum absolute atomic E-state index is 0.0473. The van der Waals surface area contributed by atoms with E-state index < -0.39 is 0 Å². The number of benzene rings is 1. The van der Waals surface area contributed by atoms with Crippen LogP contribution in [0, 0.1) is 24.7 Å². The van der Waals surface area contributed by atoms with Gasteiger partial charge in [-0.25, -0.2) is 0 Å². The van der Waals surface area contributed by atoms with E-state index in [1.54, 1.807) is 0 Å². The molecule has 0 saturated carbocycles. The van der Waals surface area contributed by atoms with E-state index in [1.807, 2.05) is 0 Å². The number of hydrogen-bond donors (Lipinski definition) is 0. The van der Waals surface area contributed by atoms with Gasteiger partial charge in [-0.1, -0.05) is 98.1 Å². The van der Waals surface area contributed by atoms with E-state index in [0.29, 0.717) is 12.3 Å². The van der Waals surface area contributed by atoms with Gasteiger partial charge >= 0.3 is 0 Å². The average Bonchev–Trinajstić information content (AvgIpc) is 2.83. The van der Waals surface area contributed by atoms with E-state index in [-0.39, 0.29) is 35.6 Å². The minimum Gasteiger partial charge on any atom is -0.300 e. The maximum absolute atomic E-state index is 13.3. The molecule has 0 fully saturated rings. The van der Waals surface area contributed by atoms with Crippen molar-refractivity contribution in [3.63, 3.8) is 0 Å². The molecular weight excluding hydrogens is 456 g/mol. The first-order chi connectivity index (χ1) is 17.7. The molecule has 210 valence electrons. The summed E-state index contributed by atoms with van der Waals surface area (Å²) in [7, 11) is 0. The van der Waals surface area contributed by atoms with Crippen LogP contribution in [-0.2, 0) is 22.4 Å². The van der Waals surface area contributed by atoms with Gasteiger partial charge in [0.1, 0.15) is 11.6 Å². The zero-order chi connectivity index (χ0) is 27.8. The molecule has 37 heavy (non-hydrogen) atoms. The number of fused-ring (bicyclic) bond motifs is 1. The molecule has 3 atom stereocenters. The zero-order valence-electron chi connectivity index (χ0n) is 25.2. The van der Waals surface area contributed by atoms with Crippen LogP contribution >= 0.6 is 0 Å². The number of Topliss-reactive ketones (excluding diaryl/α,β-unsaturated/α-hetero) is 3. The molecule has 0 bridgehead atoms. The van der Waals surface area contributed by atoms with Gasteiger partial charge in [0, 0.05) is 17.9 Å². The van der Waals surface area contributed by atoms with Gasteiger partial charge in [0.25, 0.3) is 0 Å². The SMILES string of the molecule is CCC.CCCCCCCCc1ccc2c(c1C)C(=O)CC(CC(CCC)C(CC)C(=O)CC(C)=O)C2. The van der Waals surface area contributed by atoms with Crippen LogP contribution in [0.1, 0.15) is 152 Å². The first-order valence-corrected chi connectivity index (χ1v) is 15.4. The van der Waals surface area contributed by atoms with Gasteiger partial charge in [-0.15, -0.1) is 0 Å². The molecule has 0 spiro atoms. The molecular formula is C34H56O3. The molecule has 0 aromatic heterocycles. The van der Waals surface area contributed by atoms with Gasteiger partial charge in [-0.2, -0.15) is 0 Å². The summed E-state index contributed by atoms with van der Waals surface area (Å²) in [6, 6.07) is 4.45. The van der Waals surface area contributed by atoms with Gasteiger partial charge in [-0.05, 0) is 74.5 Å². The van der Waals surface area contributed by atoms with Crippen LogP contribution in [0.15, 0.2) is 12.1 Å². The highest BCUT2D eigenvalue weighted by atomic mass is 16.1. The Labute approximate surface area is 228 Å². The molecule has 0 heterocycles. The highest BCUT2D eigenvalue weighted by Crippen LogP contribution is 2.37. The van der Waals surface area contributed by atoms with Crippen LogP contribution in [0.2, 0.25) is 0 Å². The summed E-state index contributed by atoms with van der Waals surface area (Å²) >= 11 is 0. The first-order valence-electron chi connectivity index (χ1n) is 15.4. The van der Waals surface area contributed by atoms with Crippen molar-refractivity contribution in [1.29, 1.82) is 0 Å². The maximum Gasteiger partial charge on any atom is 0.163 e. The molecule has 0 amide bonds. The Balaban J connectivity index is 0.00000217. The van der Waals surface area contributed by atoms with E-state index in [2.05, 4.69) is 53.7 Å². The van der Waals surface area contributed by atoms with Gasteiger partial charge in [-0.3, -0.25) is 14.4 Å². The Kier molecular flexibility index (Phi) is 16.6. The van der Waals surface area contributed by atoms with E-state index in [0.717, 1.165) is 44.1 Å². The van der Waals surface area contributed by atoms with Crippen LogP contribution in [0.3, 0.4) is 0 Å².